The van der Waals surface area contributed by atoms with Gasteiger partial charge in [-0.3, -0.25) is 4.79 Å². The Hall–Kier alpha value is -2.10. The molecular formula is C14H15NO3. The number of aromatic nitrogens is 1. The lowest BCUT2D eigenvalue weighted by Crippen LogP contribution is -2.04. The first kappa shape index (κ1) is 12.4. The summed E-state index contributed by atoms with van der Waals surface area (Å²) < 4.78 is 10.2. The van der Waals surface area contributed by atoms with Gasteiger partial charge in [-0.2, -0.15) is 0 Å². The predicted molar refractivity (Wildman–Crippen MR) is 67.1 cm³/mol. The van der Waals surface area contributed by atoms with E-state index in [1.165, 1.54) is 12.7 Å². The SMILES string of the molecule is COC(=O)Cc1oc(-c2ccc(C)cc2)nc1C. The van der Waals surface area contributed by atoms with Gasteiger partial charge in [0.25, 0.3) is 0 Å². The summed E-state index contributed by atoms with van der Waals surface area (Å²) >= 11 is 0. The van der Waals surface area contributed by atoms with Crippen LogP contribution in [-0.2, 0) is 16.0 Å². The van der Waals surface area contributed by atoms with Gasteiger partial charge in [0.05, 0.1) is 12.8 Å². The third kappa shape index (κ3) is 2.59. The Morgan fingerprint density at radius 2 is 1.94 bits per heavy atom. The molecule has 94 valence electrons. The Bertz CT molecular complexity index is 555. The van der Waals surface area contributed by atoms with Crippen molar-refractivity contribution in [1.82, 2.24) is 4.98 Å². The zero-order chi connectivity index (χ0) is 13.1. The van der Waals surface area contributed by atoms with Gasteiger partial charge in [0.2, 0.25) is 5.89 Å². The molecule has 0 amide bonds. The first-order chi connectivity index (χ1) is 8.60. The van der Waals surface area contributed by atoms with Crippen molar-refractivity contribution in [3.05, 3.63) is 41.3 Å². The van der Waals surface area contributed by atoms with Gasteiger partial charge in [0.1, 0.15) is 12.2 Å². The Morgan fingerprint density at radius 1 is 1.28 bits per heavy atom. The summed E-state index contributed by atoms with van der Waals surface area (Å²) in [5.41, 5.74) is 2.80. The summed E-state index contributed by atoms with van der Waals surface area (Å²) in [5, 5.41) is 0. The summed E-state index contributed by atoms with van der Waals surface area (Å²) in [6.45, 7) is 3.84. The van der Waals surface area contributed by atoms with E-state index in [-0.39, 0.29) is 12.4 Å². The van der Waals surface area contributed by atoms with Crippen LogP contribution in [0.1, 0.15) is 17.0 Å². The maximum Gasteiger partial charge on any atom is 0.313 e. The Morgan fingerprint density at radius 3 is 2.56 bits per heavy atom. The molecule has 4 heteroatoms. The van der Waals surface area contributed by atoms with Crippen molar-refractivity contribution >= 4 is 5.97 Å². The molecule has 0 atom stereocenters. The molecule has 0 radical (unpaired) electrons. The Kier molecular flexibility index (Phi) is 3.46. The number of ether oxygens (including phenoxy) is 1. The number of esters is 1. The molecule has 0 bridgehead atoms. The molecule has 0 aliphatic heterocycles. The van der Waals surface area contributed by atoms with Crippen molar-refractivity contribution in [3.63, 3.8) is 0 Å². The van der Waals surface area contributed by atoms with Crippen molar-refractivity contribution in [2.45, 2.75) is 20.3 Å². The molecule has 0 saturated heterocycles. The number of carbonyl (C=O) groups excluding carboxylic acids is 1. The van der Waals surface area contributed by atoms with Crippen LogP contribution in [0.4, 0.5) is 0 Å². The molecule has 2 rings (SSSR count). The van der Waals surface area contributed by atoms with Crippen LogP contribution < -0.4 is 0 Å². The third-order valence-electron chi connectivity index (χ3n) is 2.72. The van der Waals surface area contributed by atoms with Crippen molar-refractivity contribution in [2.24, 2.45) is 0 Å². The Labute approximate surface area is 106 Å². The molecule has 1 heterocycles. The maximum absolute atomic E-state index is 11.2. The standard InChI is InChI=1S/C14H15NO3/c1-9-4-6-11(7-5-9)14-15-10(2)12(18-14)8-13(16)17-3/h4-7H,8H2,1-3H3. The number of aryl methyl sites for hydroxylation is 2. The summed E-state index contributed by atoms with van der Waals surface area (Å²) in [5.74, 6) is 0.758. The molecular weight excluding hydrogens is 230 g/mol. The van der Waals surface area contributed by atoms with Crippen molar-refractivity contribution in [2.75, 3.05) is 7.11 Å². The molecule has 1 aromatic heterocycles. The molecule has 18 heavy (non-hydrogen) atoms. The fourth-order valence-electron chi connectivity index (χ4n) is 1.61. The number of hydrogen-bond donors (Lipinski definition) is 0. The number of benzene rings is 1. The maximum atomic E-state index is 11.2. The summed E-state index contributed by atoms with van der Waals surface area (Å²) in [4.78, 5) is 15.5. The van der Waals surface area contributed by atoms with Gasteiger partial charge in [-0.15, -0.1) is 0 Å². The summed E-state index contributed by atoms with van der Waals surface area (Å²) in [6, 6.07) is 7.88. The molecule has 0 unspecified atom stereocenters. The average molecular weight is 245 g/mol. The van der Waals surface area contributed by atoms with E-state index in [1.807, 2.05) is 38.1 Å². The largest absolute Gasteiger partial charge is 0.469 e. The van der Waals surface area contributed by atoms with Crippen LogP contribution in [0.15, 0.2) is 28.7 Å². The topological polar surface area (TPSA) is 52.3 Å². The second-order valence-corrected chi connectivity index (χ2v) is 4.15. The number of hydrogen-bond acceptors (Lipinski definition) is 4. The van der Waals surface area contributed by atoms with Gasteiger partial charge in [0.15, 0.2) is 0 Å². The molecule has 4 nitrogen and oxygen atoms in total. The van der Waals surface area contributed by atoms with E-state index in [4.69, 9.17) is 4.42 Å². The normalized spacial score (nSPS) is 10.4. The van der Waals surface area contributed by atoms with Crippen molar-refractivity contribution in [1.29, 1.82) is 0 Å². The number of rotatable bonds is 3. The van der Waals surface area contributed by atoms with E-state index in [1.54, 1.807) is 0 Å². The monoisotopic (exact) mass is 245 g/mol. The number of oxazole rings is 1. The van der Waals surface area contributed by atoms with Crippen LogP contribution in [0.5, 0.6) is 0 Å². The van der Waals surface area contributed by atoms with E-state index in [2.05, 4.69) is 9.72 Å². The molecule has 0 aliphatic rings. The van der Waals surface area contributed by atoms with E-state index in [0.717, 1.165) is 11.3 Å². The summed E-state index contributed by atoms with van der Waals surface area (Å²) in [7, 11) is 1.36. The lowest BCUT2D eigenvalue weighted by Gasteiger charge is -1.97. The van der Waals surface area contributed by atoms with Gasteiger partial charge < -0.3 is 9.15 Å². The second-order valence-electron chi connectivity index (χ2n) is 4.15. The van der Waals surface area contributed by atoms with E-state index < -0.39 is 0 Å². The first-order valence-corrected chi connectivity index (χ1v) is 5.70. The molecule has 0 spiro atoms. The predicted octanol–water partition coefficient (Wildman–Crippen LogP) is 2.67. The van der Waals surface area contributed by atoms with Crippen molar-refractivity contribution < 1.29 is 13.9 Å². The van der Waals surface area contributed by atoms with Crippen molar-refractivity contribution in [3.8, 4) is 11.5 Å². The van der Waals surface area contributed by atoms with Gasteiger partial charge >= 0.3 is 5.97 Å². The minimum atomic E-state index is -0.329. The van der Waals surface area contributed by atoms with Crippen LogP contribution in [0.3, 0.4) is 0 Å². The first-order valence-electron chi connectivity index (χ1n) is 5.70. The lowest BCUT2D eigenvalue weighted by atomic mass is 10.1. The molecule has 2 aromatic rings. The van der Waals surface area contributed by atoms with Gasteiger partial charge in [-0.25, -0.2) is 4.98 Å². The van der Waals surface area contributed by atoms with Crippen LogP contribution in [-0.4, -0.2) is 18.1 Å². The van der Waals surface area contributed by atoms with E-state index >= 15 is 0 Å². The highest BCUT2D eigenvalue weighted by atomic mass is 16.5. The number of nitrogens with zero attached hydrogens (tertiary/aromatic N) is 1. The molecule has 0 aliphatic carbocycles. The zero-order valence-electron chi connectivity index (χ0n) is 10.7. The Balaban J connectivity index is 2.28. The third-order valence-corrected chi connectivity index (χ3v) is 2.72. The average Bonchev–Trinajstić information content (AvgIpc) is 2.71. The molecule has 0 saturated carbocycles. The minimum absolute atomic E-state index is 0.112. The van der Waals surface area contributed by atoms with Crippen LogP contribution in [0.25, 0.3) is 11.5 Å². The van der Waals surface area contributed by atoms with Crippen LogP contribution in [0.2, 0.25) is 0 Å². The van der Waals surface area contributed by atoms with Crippen LogP contribution in [0, 0.1) is 13.8 Å². The van der Waals surface area contributed by atoms with Gasteiger partial charge in [-0.1, -0.05) is 17.7 Å². The van der Waals surface area contributed by atoms with E-state index in [9.17, 15) is 4.79 Å². The minimum Gasteiger partial charge on any atom is -0.469 e. The fraction of sp³-hybridized carbons (Fsp3) is 0.286. The number of carbonyl (C=O) groups is 1. The zero-order valence-corrected chi connectivity index (χ0v) is 10.7. The highest BCUT2D eigenvalue weighted by Gasteiger charge is 2.14. The smallest absolute Gasteiger partial charge is 0.313 e. The highest BCUT2D eigenvalue weighted by molar-refractivity contribution is 5.72. The highest BCUT2D eigenvalue weighted by Crippen LogP contribution is 2.22. The quantitative estimate of drug-likeness (QED) is 0.780. The van der Waals surface area contributed by atoms with E-state index in [0.29, 0.717) is 11.7 Å². The molecule has 0 fully saturated rings. The molecule has 0 N–H and O–H groups in total. The van der Waals surface area contributed by atoms with Gasteiger partial charge in [-0.05, 0) is 26.0 Å². The second kappa shape index (κ2) is 5.04. The lowest BCUT2D eigenvalue weighted by molar-refractivity contribution is -0.140. The van der Waals surface area contributed by atoms with Crippen LogP contribution >= 0.6 is 0 Å². The fourth-order valence-corrected chi connectivity index (χ4v) is 1.61. The summed E-state index contributed by atoms with van der Waals surface area (Å²) in [6.07, 6.45) is 0.112. The van der Waals surface area contributed by atoms with Gasteiger partial charge in [0, 0.05) is 5.56 Å². The molecule has 1 aromatic carbocycles. The number of methoxy groups -OCH3 is 1.